The molecule has 142 valence electrons. The molecule has 2 aromatic heterocycles. The van der Waals surface area contributed by atoms with Crippen molar-refractivity contribution in [3.8, 4) is 6.07 Å². The van der Waals surface area contributed by atoms with Crippen molar-refractivity contribution in [1.29, 1.82) is 5.26 Å². The van der Waals surface area contributed by atoms with E-state index >= 15 is 0 Å². The number of carbonyl (C=O) groups is 1. The van der Waals surface area contributed by atoms with Crippen LogP contribution in [0.15, 0.2) is 48.7 Å². The Labute approximate surface area is 168 Å². The summed E-state index contributed by atoms with van der Waals surface area (Å²) in [5.74, 6) is -0.672. The van der Waals surface area contributed by atoms with Crippen molar-refractivity contribution in [1.82, 2.24) is 14.8 Å². The predicted molar refractivity (Wildman–Crippen MR) is 107 cm³/mol. The number of pyridine rings is 1. The summed E-state index contributed by atoms with van der Waals surface area (Å²) in [5.41, 5.74) is 9.23. The van der Waals surface area contributed by atoms with Gasteiger partial charge in [0, 0.05) is 6.20 Å². The zero-order valence-corrected chi connectivity index (χ0v) is 16.4. The fraction of sp³-hybridized carbons (Fsp3) is 0.238. The van der Waals surface area contributed by atoms with E-state index in [-0.39, 0.29) is 5.15 Å². The molecule has 0 fully saturated rings. The zero-order chi connectivity index (χ0) is 20.3. The minimum atomic E-state index is -0.625. The smallest absolute Gasteiger partial charge is 0.231 e. The monoisotopic (exact) mass is 393 g/mol. The van der Waals surface area contributed by atoms with Gasteiger partial charge in [-0.1, -0.05) is 49.7 Å². The molecule has 0 radical (unpaired) electrons. The number of amides is 1. The van der Waals surface area contributed by atoms with E-state index in [1.165, 1.54) is 5.56 Å². The molecular formula is C21H20ClN5O. The molecule has 1 atom stereocenters. The SMILES string of the molecule is CC(C)c1ccc(C(C(N)=O)c2ccn(Cc3ccc(C#N)c(Cl)n3)n2)cc1. The summed E-state index contributed by atoms with van der Waals surface area (Å²) in [6.45, 7) is 4.60. The van der Waals surface area contributed by atoms with Crippen LogP contribution in [0.1, 0.15) is 53.8 Å². The summed E-state index contributed by atoms with van der Waals surface area (Å²) in [6.07, 6.45) is 1.77. The summed E-state index contributed by atoms with van der Waals surface area (Å²) < 4.78 is 1.67. The lowest BCUT2D eigenvalue weighted by Gasteiger charge is -2.13. The number of hydrogen-bond acceptors (Lipinski definition) is 4. The number of nitrogens with two attached hydrogens (primary N) is 1. The minimum Gasteiger partial charge on any atom is -0.369 e. The molecule has 3 rings (SSSR count). The predicted octanol–water partition coefficient (Wildman–Crippen LogP) is 3.59. The topological polar surface area (TPSA) is 97.6 Å². The van der Waals surface area contributed by atoms with Gasteiger partial charge in [0.15, 0.2) is 0 Å². The Bertz CT molecular complexity index is 1030. The number of carbonyl (C=O) groups excluding carboxylic acids is 1. The van der Waals surface area contributed by atoms with Gasteiger partial charge in [-0.3, -0.25) is 9.48 Å². The highest BCUT2D eigenvalue weighted by Gasteiger charge is 2.23. The number of halogens is 1. The van der Waals surface area contributed by atoms with Crippen molar-refractivity contribution in [3.05, 3.63) is 81.9 Å². The van der Waals surface area contributed by atoms with Gasteiger partial charge in [0.05, 0.1) is 23.5 Å². The van der Waals surface area contributed by atoms with Gasteiger partial charge in [-0.2, -0.15) is 10.4 Å². The molecule has 7 heteroatoms. The molecule has 0 aliphatic rings. The minimum absolute atomic E-state index is 0.160. The second-order valence-electron chi connectivity index (χ2n) is 6.85. The van der Waals surface area contributed by atoms with Crippen LogP contribution in [0.5, 0.6) is 0 Å². The quantitative estimate of drug-likeness (QED) is 0.647. The Morgan fingerprint density at radius 3 is 2.43 bits per heavy atom. The van der Waals surface area contributed by atoms with Gasteiger partial charge in [-0.25, -0.2) is 4.98 Å². The third-order valence-electron chi connectivity index (χ3n) is 4.53. The first-order valence-electron chi connectivity index (χ1n) is 8.87. The molecule has 2 N–H and O–H groups in total. The van der Waals surface area contributed by atoms with Crippen LogP contribution in [0.3, 0.4) is 0 Å². The molecule has 1 aromatic carbocycles. The fourth-order valence-corrected chi connectivity index (χ4v) is 3.20. The van der Waals surface area contributed by atoms with E-state index in [4.69, 9.17) is 22.6 Å². The van der Waals surface area contributed by atoms with Gasteiger partial charge in [0.2, 0.25) is 5.91 Å². The standard InChI is InChI=1S/C21H20ClN5O/c1-13(2)14-3-5-15(6-4-14)19(21(24)28)18-9-10-27(26-18)12-17-8-7-16(11-23)20(22)25-17/h3-10,13,19H,12H2,1-2H3,(H2,24,28). The second kappa shape index (κ2) is 8.24. The molecule has 0 aliphatic carbocycles. The molecule has 0 spiro atoms. The van der Waals surface area contributed by atoms with Crippen LogP contribution in [0, 0.1) is 11.3 Å². The molecule has 0 bridgehead atoms. The third-order valence-corrected chi connectivity index (χ3v) is 4.82. The molecule has 1 amide bonds. The summed E-state index contributed by atoms with van der Waals surface area (Å²) in [5, 5.41) is 13.6. The van der Waals surface area contributed by atoms with E-state index in [0.717, 1.165) is 5.56 Å². The van der Waals surface area contributed by atoms with Crippen LogP contribution >= 0.6 is 11.6 Å². The maximum absolute atomic E-state index is 12.1. The van der Waals surface area contributed by atoms with Crippen LogP contribution in [0.25, 0.3) is 0 Å². The Morgan fingerprint density at radius 1 is 1.18 bits per heavy atom. The highest BCUT2D eigenvalue weighted by molar-refractivity contribution is 6.30. The molecule has 0 saturated carbocycles. The maximum atomic E-state index is 12.1. The lowest BCUT2D eigenvalue weighted by Crippen LogP contribution is -2.23. The van der Waals surface area contributed by atoms with E-state index in [9.17, 15) is 4.79 Å². The number of nitriles is 1. The molecule has 6 nitrogen and oxygen atoms in total. The molecule has 0 aliphatic heterocycles. The van der Waals surface area contributed by atoms with Crippen molar-refractivity contribution in [2.75, 3.05) is 0 Å². The van der Waals surface area contributed by atoms with Crippen molar-refractivity contribution in [2.24, 2.45) is 5.73 Å². The highest BCUT2D eigenvalue weighted by Crippen LogP contribution is 2.25. The van der Waals surface area contributed by atoms with Gasteiger partial charge in [-0.05, 0) is 35.2 Å². The van der Waals surface area contributed by atoms with Crippen molar-refractivity contribution < 1.29 is 4.79 Å². The van der Waals surface area contributed by atoms with Gasteiger partial charge in [0.25, 0.3) is 0 Å². The normalized spacial score (nSPS) is 12.0. The molecule has 3 aromatic rings. The van der Waals surface area contributed by atoms with Crippen LogP contribution in [0.2, 0.25) is 5.15 Å². The molecule has 0 saturated heterocycles. The van der Waals surface area contributed by atoms with E-state index in [1.807, 2.05) is 30.3 Å². The van der Waals surface area contributed by atoms with E-state index in [0.29, 0.717) is 29.4 Å². The zero-order valence-electron chi connectivity index (χ0n) is 15.6. The van der Waals surface area contributed by atoms with Crippen molar-refractivity contribution in [2.45, 2.75) is 32.2 Å². The van der Waals surface area contributed by atoms with Crippen molar-refractivity contribution >= 4 is 17.5 Å². The summed E-state index contributed by atoms with van der Waals surface area (Å²) in [4.78, 5) is 16.3. The lowest BCUT2D eigenvalue weighted by molar-refractivity contribution is -0.118. The fourth-order valence-electron chi connectivity index (χ4n) is 2.98. The van der Waals surface area contributed by atoms with Gasteiger partial charge < -0.3 is 5.73 Å². The van der Waals surface area contributed by atoms with Crippen LogP contribution < -0.4 is 5.73 Å². The number of benzene rings is 1. The summed E-state index contributed by atoms with van der Waals surface area (Å²) >= 11 is 5.98. The maximum Gasteiger partial charge on any atom is 0.231 e. The highest BCUT2D eigenvalue weighted by atomic mass is 35.5. The summed E-state index contributed by atoms with van der Waals surface area (Å²) in [7, 11) is 0. The van der Waals surface area contributed by atoms with Crippen LogP contribution in [-0.2, 0) is 11.3 Å². The number of nitrogens with zero attached hydrogens (tertiary/aromatic N) is 4. The van der Waals surface area contributed by atoms with E-state index < -0.39 is 11.8 Å². The van der Waals surface area contributed by atoms with Gasteiger partial charge in [0.1, 0.15) is 17.1 Å². The van der Waals surface area contributed by atoms with Crippen LogP contribution in [0.4, 0.5) is 0 Å². The molecule has 2 heterocycles. The molecule has 1 unspecified atom stereocenters. The Hall–Kier alpha value is -3.17. The first kappa shape index (κ1) is 19.6. The van der Waals surface area contributed by atoms with Crippen LogP contribution in [-0.4, -0.2) is 20.7 Å². The molecule has 28 heavy (non-hydrogen) atoms. The first-order chi connectivity index (χ1) is 13.4. The summed E-state index contributed by atoms with van der Waals surface area (Å²) in [6, 6.07) is 15.0. The Morgan fingerprint density at radius 2 is 1.86 bits per heavy atom. The number of hydrogen-bond donors (Lipinski definition) is 1. The second-order valence-corrected chi connectivity index (χ2v) is 7.21. The molecular weight excluding hydrogens is 374 g/mol. The van der Waals surface area contributed by atoms with Gasteiger partial charge >= 0.3 is 0 Å². The Kier molecular flexibility index (Phi) is 5.76. The largest absolute Gasteiger partial charge is 0.369 e. The average Bonchev–Trinajstić information content (AvgIpc) is 3.10. The Balaban J connectivity index is 1.84. The van der Waals surface area contributed by atoms with Gasteiger partial charge in [-0.15, -0.1) is 0 Å². The number of aromatic nitrogens is 3. The third kappa shape index (κ3) is 4.21. The average molecular weight is 394 g/mol. The lowest BCUT2D eigenvalue weighted by atomic mass is 9.92. The first-order valence-corrected chi connectivity index (χ1v) is 9.25. The van der Waals surface area contributed by atoms with E-state index in [1.54, 1.807) is 29.1 Å². The number of rotatable bonds is 6. The van der Waals surface area contributed by atoms with E-state index in [2.05, 4.69) is 23.9 Å². The number of primary amides is 1. The van der Waals surface area contributed by atoms with Crippen molar-refractivity contribution in [3.63, 3.8) is 0 Å².